The molecule has 1 N–H and O–H groups in total. The molecule has 38 heavy (non-hydrogen) atoms. The van der Waals surface area contributed by atoms with Gasteiger partial charge in [0.05, 0.1) is 11.0 Å². The number of carbonyl (C=O) groups excluding carboxylic acids is 1. The number of anilines is 1. The molecule has 1 aliphatic heterocycles. The molecule has 2 aliphatic rings. The molecule has 0 bridgehead atoms. The van der Waals surface area contributed by atoms with Crippen LogP contribution in [-0.4, -0.2) is 47.6 Å². The van der Waals surface area contributed by atoms with E-state index >= 15 is 0 Å². The van der Waals surface area contributed by atoms with E-state index in [0.29, 0.717) is 57.2 Å². The van der Waals surface area contributed by atoms with Crippen LogP contribution in [-0.2, 0) is 15.7 Å². The maximum Gasteiger partial charge on any atom is 0.423 e. The van der Waals surface area contributed by atoms with Crippen molar-refractivity contribution >= 4 is 17.3 Å². The summed E-state index contributed by atoms with van der Waals surface area (Å²) in [4.78, 5) is 24.2. The quantitative estimate of drug-likeness (QED) is 0.263. The summed E-state index contributed by atoms with van der Waals surface area (Å²) in [5.41, 5.74) is -1.67. The molecule has 206 valence electrons. The van der Waals surface area contributed by atoms with E-state index in [2.05, 4.69) is 5.32 Å². The third kappa shape index (κ3) is 6.77. The highest BCUT2D eigenvalue weighted by atomic mass is 19.4. The highest BCUT2D eigenvalue weighted by Crippen LogP contribution is 2.38. The van der Waals surface area contributed by atoms with Crippen molar-refractivity contribution in [3.8, 4) is 0 Å². The summed E-state index contributed by atoms with van der Waals surface area (Å²) in [5, 5.41) is 14.0. The van der Waals surface area contributed by atoms with Gasteiger partial charge < -0.3 is 15.0 Å². The van der Waals surface area contributed by atoms with Crippen molar-refractivity contribution < 1.29 is 36.4 Å². The summed E-state index contributed by atoms with van der Waals surface area (Å²) in [6, 6.07) is 6.31. The molecule has 0 aromatic heterocycles. The number of rotatable bonds is 7. The van der Waals surface area contributed by atoms with Crippen LogP contribution in [0.15, 0.2) is 36.4 Å². The predicted octanol–water partition coefficient (Wildman–Crippen LogP) is 6.04. The number of alkyl halides is 3. The summed E-state index contributed by atoms with van der Waals surface area (Å²) in [6.07, 6.45) is -1.44. The van der Waals surface area contributed by atoms with Crippen LogP contribution in [0, 0.1) is 21.7 Å². The third-order valence-corrected chi connectivity index (χ3v) is 7.24. The third-order valence-electron chi connectivity index (χ3n) is 7.24. The predicted molar refractivity (Wildman–Crippen MR) is 129 cm³/mol. The first-order valence-electron chi connectivity index (χ1n) is 12.5. The number of hydrogen-bond donors (Lipinski definition) is 1. The Morgan fingerprint density at radius 2 is 1.71 bits per heavy atom. The largest absolute Gasteiger partial charge is 0.423 e. The van der Waals surface area contributed by atoms with Crippen LogP contribution in [0.3, 0.4) is 0 Å². The maximum absolute atomic E-state index is 14.1. The zero-order chi connectivity index (χ0) is 27.4. The Hall–Kier alpha value is -3.28. The second kappa shape index (κ2) is 11.6. The van der Waals surface area contributed by atoms with Gasteiger partial charge in [0.2, 0.25) is 5.91 Å². The van der Waals surface area contributed by atoms with E-state index in [1.807, 2.05) is 0 Å². The Morgan fingerprint density at radius 3 is 2.32 bits per heavy atom. The molecule has 0 atom stereocenters. The second-order valence-electron chi connectivity index (χ2n) is 9.74. The van der Waals surface area contributed by atoms with Crippen LogP contribution in [0.25, 0.3) is 0 Å². The van der Waals surface area contributed by atoms with Crippen molar-refractivity contribution in [3.63, 3.8) is 0 Å². The van der Waals surface area contributed by atoms with Crippen molar-refractivity contribution in [1.82, 2.24) is 4.90 Å². The number of halogens is 5. The fraction of sp³-hybridized carbons (Fsp3) is 0.500. The molecule has 1 heterocycles. The lowest BCUT2D eigenvalue weighted by atomic mass is 9.89. The van der Waals surface area contributed by atoms with E-state index in [9.17, 15) is 36.9 Å². The molecule has 4 rings (SSSR count). The second-order valence-corrected chi connectivity index (χ2v) is 9.74. The molecule has 7 nitrogen and oxygen atoms in total. The topological polar surface area (TPSA) is 84.7 Å². The van der Waals surface area contributed by atoms with Crippen molar-refractivity contribution in [2.75, 3.05) is 25.0 Å². The highest BCUT2D eigenvalue weighted by Gasteiger charge is 2.38. The monoisotopic (exact) mass is 541 g/mol. The van der Waals surface area contributed by atoms with Crippen molar-refractivity contribution in [3.05, 3.63) is 69.3 Å². The molecule has 12 heteroatoms. The van der Waals surface area contributed by atoms with Crippen LogP contribution in [0.4, 0.5) is 33.3 Å². The number of nitrogens with one attached hydrogen (secondary N) is 1. The Labute approximate surface area is 216 Å². The van der Waals surface area contributed by atoms with E-state index in [-0.39, 0.29) is 36.3 Å². The van der Waals surface area contributed by atoms with Gasteiger partial charge in [-0.25, -0.2) is 8.78 Å². The minimum atomic E-state index is -4.84. The first kappa shape index (κ1) is 27.7. The Morgan fingerprint density at radius 1 is 1.03 bits per heavy atom. The lowest BCUT2D eigenvalue weighted by molar-refractivity contribution is -0.388. The summed E-state index contributed by atoms with van der Waals surface area (Å²) in [7, 11) is 0. The first-order valence-corrected chi connectivity index (χ1v) is 12.5. The molecule has 1 saturated carbocycles. The molecule has 1 aliphatic carbocycles. The Bertz CT molecular complexity index is 1160. The number of nitro groups is 1. The summed E-state index contributed by atoms with van der Waals surface area (Å²) in [5.74, 6) is -1.43. The smallest absolute Gasteiger partial charge is 0.382 e. The van der Waals surface area contributed by atoms with Gasteiger partial charge in [0.25, 0.3) is 5.69 Å². The van der Waals surface area contributed by atoms with Gasteiger partial charge in [-0.05, 0) is 68.2 Å². The van der Waals surface area contributed by atoms with E-state index in [1.165, 1.54) is 18.2 Å². The number of ether oxygens (including phenoxy) is 1. The van der Waals surface area contributed by atoms with E-state index in [1.54, 1.807) is 4.90 Å². The molecule has 2 aromatic carbocycles. The lowest BCUT2D eigenvalue weighted by Crippen LogP contribution is -2.41. The highest BCUT2D eigenvalue weighted by molar-refractivity contribution is 5.77. The fourth-order valence-corrected chi connectivity index (χ4v) is 5.17. The van der Waals surface area contributed by atoms with Gasteiger partial charge >= 0.3 is 6.18 Å². The number of nitrogens with zero attached hydrogens (tertiary/aromatic N) is 2. The first-order chi connectivity index (χ1) is 18.0. The molecule has 0 spiro atoms. The number of amides is 1. The molecule has 2 aromatic rings. The summed E-state index contributed by atoms with van der Waals surface area (Å²) >= 11 is 0. The molecular formula is C26H28F5N3O4. The van der Waals surface area contributed by atoms with Gasteiger partial charge in [-0.1, -0.05) is 6.07 Å². The maximum atomic E-state index is 14.1. The minimum absolute atomic E-state index is 0.0775. The zero-order valence-corrected chi connectivity index (χ0v) is 20.5. The van der Waals surface area contributed by atoms with Crippen LogP contribution in [0.5, 0.6) is 0 Å². The fourth-order valence-electron chi connectivity index (χ4n) is 5.17. The van der Waals surface area contributed by atoms with Gasteiger partial charge in [-0.15, -0.1) is 0 Å². The van der Waals surface area contributed by atoms with Crippen LogP contribution in [0.2, 0.25) is 0 Å². The van der Waals surface area contributed by atoms with Crippen molar-refractivity contribution in [2.24, 2.45) is 0 Å². The molecule has 0 radical (unpaired) electrons. The minimum Gasteiger partial charge on any atom is -0.382 e. The van der Waals surface area contributed by atoms with Gasteiger partial charge in [-0.2, -0.15) is 13.2 Å². The lowest BCUT2D eigenvalue weighted by Gasteiger charge is -2.33. The van der Waals surface area contributed by atoms with Crippen molar-refractivity contribution in [1.29, 1.82) is 0 Å². The zero-order valence-electron chi connectivity index (χ0n) is 20.5. The van der Waals surface area contributed by atoms with E-state index in [4.69, 9.17) is 4.74 Å². The van der Waals surface area contributed by atoms with E-state index in [0.717, 1.165) is 18.2 Å². The number of nitro benzene ring substituents is 1. The van der Waals surface area contributed by atoms with Gasteiger partial charge in [0, 0.05) is 37.0 Å². The van der Waals surface area contributed by atoms with Gasteiger partial charge in [0.15, 0.2) is 0 Å². The molecule has 1 saturated heterocycles. The number of likely N-dealkylation sites (tertiary alicyclic amines) is 1. The molecule has 2 fully saturated rings. The number of benzene rings is 2. The average Bonchev–Trinajstić information content (AvgIpc) is 2.87. The molecule has 1 amide bonds. The normalized spacial score (nSPS) is 20.8. The number of hydrogen-bond acceptors (Lipinski definition) is 5. The van der Waals surface area contributed by atoms with Crippen LogP contribution in [0.1, 0.15) is 55.6 Å². The number of carbonyl (C=O) groups is 1. The Balaban J connectivity index is 1.21. The average molecular weight is 542 g/mol. The summed E-state index contributed by atoms with van der Waals surface area (Å²) < 4.78 is 72.7. The Kier molecular flexibility index (Phi) is 8.49. The van der Waals surface area contributed by atoms with Gasteiger partial charge in [0.1, 0.15) is 23.8 Å². The SMILES string of the molecule is O=C(COC1CCC(Nc2ccc([N+](=O)[O-])c(C(F)(F)F)c2)CC1)N1CCC(c2ccc(F)cc2F)CC1. The van der Waals surface area contributed by atoms with Crippen LogP contribution < -0.4 is 5.32 Å². The van der Waals surface area contributed by atoms with E-state index < -0.39 is 34.0 Å². The molecule has 0 unspecified atom stereocenters. The van der Waals surface area contributed by atoms with Gasteiger partial charge in [-0.3, -0.25) is 14.9 Å². The number of piperidine rings is 1. The summed E-state index contributed by atoms with van der Waals surface area (Å²) in [6.45, 7) is 0.820. The van der Waals surface area contributed by atoms with Crippen LogP contribution >= 0.6 is 0 Å². The molecular weight excluding hydrogens is 513 g/mol. The standard InChI is InChI=1S/C26H28F5N3O4/c27-17-1-7-21(23(28)13-17)16-9-11-33(12-10-16)25(35)15-38-20-5-2-18(3-6-20)32-19-4-8-24(34(36)37)22(14-19)26(29,30)31/h1,4,7-8,13-14,16,18,20,32H,2-3,5-6,9-12,15H2. The van der Waals surface area contributed by atoms with Crippen molar-refractivity contribution in [2.45, 2.75) is 62.8 Å².